The summed E-state index contributed by atoms with van der Waals surface area (Å²) in [5, 5.41) is 0. The Morgan fingerprint density at radius 1 is 1.19 bits per heavy atom. The van der Waals surface area contributed by atoms with E-state index in [2.05, 4.69) is 0 Å². The fraction of sp³-hybridized carbons (Fsp3) is 0.556. The van der Waals surface area contributed by atoms with Gasteiger partial charge >= 0.3 is 12.1 Å². The SMILES string of the molecule is Cc1ccccc1C1CN(C(=O)C2CCCN2C(=O)C(F)(F)F)CCO1. The van der Waals surface area contributed by atoms with Crippen molar-refractivity contribution in [1.29, 1.82) is 0 Å². The summed E-state index contributed by atoms with van der Waals surface area (Å²) in [7, 11) is 0. The average molecular weight is 370 g/mol. The van der Waals surface area contributed by atoms with E-state index in [9.17, 15) is 22.8 Å². The topological polar surface area (TPSA) is 49.9 Å². The highest BCUT2D eigenvalue weighted by Gasteiger charge is 2.48. The molecule has 2 unspecified atom stereocenters. The first-order chi connectivity index (χ1) is 12.3. The van der Waals surface area contributed by atoms with E-state index in [0.717, 1.165) is 11.1 Å². The standard InChI is InChI=1S/C18H21F3N2O3/c1-12-5-2-3-6-13(12)15-11-22(9-10-26-15)16(24)14-7-4-8-23(14)17(25)18(19,20)21/h2-3,5-6,14-15H,4,7-11H2,1H3. The van der Waals surface area contributed by atoms with Gasteiger partial charge in [-0.1, -0.05) is 24.3 Å². The number of alkyl halides is 3. The molecule has 2 aliphatic rings. The smallest absolute Gasteiger partial charge is 0.370 e. The number of halogens is 3. The third kappa shape index (κ3) is 3.70. The number of rotatable bonds is 2. The van der Waals surface area contributed by atoms with Crippen molar-refractivity contribution >= 4 is 11.8 Å². The van der Waals surface area contributed by atoms with Crippen molar-refractivity contribution in [2.24, 2.45) is 0 Å². The van der Waals surface area contributed by atoms with Crippen LogP contribution < -0.4 is 0 Å². The quantitative estimate of drug-likeness (QED) is 0.804. The van der Waals surface area contributed by atoms with Crippen LogP contribution in [0.5, 0.6) is 0 Å². The van der Waals surface area contributed by atoms with E-state index in [0.29, 0.717) is 24.5 Å². The summed E-state index contributed by atoms with van der Waals surface area (Å²) in [4.78, 5) is 26.6. The van der Waals surface area contributed by atoms with E-state index in [1.807, 2.05) is 31.2 Å². The van der Waals surface area contributed by atoms with Gasteiger partial charge < -0.3 is 14.5 Å². The molecule has 1 aromatic carbocycles. The number of benzene rings is 1. The molecule has 0 aliphatic carbocycles. The van der Waals surface area contributed by atoms with E-state index in [-0.39, 0.29) is 25.6 Å². The molecule has 0 saturated carbocycles. The van der Waals surface area contributed by atoms with Crippen LogP contribution in [0, 0.1) is 6.92 Å². The second-order valence-electron chi connectivity index (χ2n) is 6.65. The Kier molecular flexibility index (Phi) is 5.22. The van der Waals surface area contributed by atoms with Crippen LogP contribution in [0.1, 0.15) is 30.1 Å². The second-order valence-corrected chi connectivity index (χ2v) is 6.65. The second kappa shape index (κ2) is 7.26. The molecule has 5 nitrogen and oxygen atoms in total. The van der Waals surface area contributed by atoms with Gasteiger partial charge in [0, 0.05) is 13.1 Å². The molecule has 2 aliphatic heterocycles. The molecule has 1 aromatic rings. The van der Waals surface area contributed by atoms with E-state index < -0.39 is 24.0 Å². The Morgan fingerprint density at radius 3 is 2.62 bits per heavy atom. The molecule has 2 saturated heterocycles. The molecule has 0 radical (unpaired) electrons. The average Bonchev–Trinajstić information content (AvgIpc) is 3.09. The van der Waals surface area contributed by atoms with Gasteiger partial charge in [0.05, 0.1) is 13.2 Å². The van der Waals surface area contributed by atoms with Gasteiger partial charge in [0.2, 0.25) is 5.91 Å². The lowest BCUT2D eigenvalue weighted by Gasteiger charge is -2.36. The highest BCUT2D eigenvalue weighted by atomic mass is 19.4. The number of ether oxygens (including phenoxy) is 1. The highest BCUT2D eigenvalue weighted by Crippen LogP contribution is 2.29. The van der Waals surface area contributed by atoms with Crippen molar-refractivity contribution < 1.29 is 27.5 Å². The third-order valence-electron chi connectivity index (χ3n) is 4.95. The number of nitrogens with zero attached hydrogens (tertiary/aromatic N) is 2. The molecule has 0 aromatic heterocycles. The number of amides is 2. The monoisotopic (exact) mass is 370 g/mol. The van der Waals surface area contributed by atoms with Gasteiger partial charge in [-0.15, -0.1) is 0 Å². The molecule has 8 heteroatoms. The predicted octanol–water partition coefficient (Wildman–Crippen LogP) is 2.45. The largest absolute Gasteiger partial charge is 0.471 e. The summed E-state index contributed by atoms with van der Waals surface area (Å²) >= 11 is 0. The summed E-state index contributed by atoms with van der Waals surface area (Å²) in [6.07, 6.45) is -4.63. The van der Waals surface area contributed by atoms with E-state index in [4.69, 9.17) is 4.74 Å². The summed E-state index contributed by atoms with van der Waals surface area (Å²) < 4.78 is 44.1. The number of hydrogen-bond donors (Lipinski definition) is 0. The summed E-state index contributed by atoms with van der Waals surface area (Å²) in [5.74, 6) is -2.36. The summed E-state index contributed by atoms with van der Waals surface area (Å²) in [6.45, 7) is 2.80. The summed E-state index contributed by atoms with van der Waals surface area (Å²) in [6, 6.07) is 6.61. The van der Waals surface area contributed by atoms with Crippen LogP contribution in [0.4, 0.5) is 13.2 Å². The molecule has 0 bridgehead atoms. The van der Waals surface area contributed by atoms with Crippen molar-refractivity contribution in [2.75, 3.05) is 26.2 Å². The molecule has 2 atom stereocenters. The maximum Gasteiger partial charge on any atom is 0.471 e. The van der Waals surface area contributed by atoms with Crippen LogP contribution in [0.3, 0.4) is 0 Å². The maximum absolute atomic E-state index is 12.8. The van der Waals surface area contributed by atoms with Crippen LogP contribution in [0.15, 0.2) is 24.3 Å². The van der Waals surface area contributed by atoms with Crippen LogP contribution >= 0.6 is 0 Å². The fourth-order valence-corrected chi connectivity index (χ4v) is 3.63. The molecular weight excluding hydrogens is 349 g/mol. The van der Waals surface area contributed by atoms with Crippen molar-refractivity contribution in [3.05, 3.63) is 35.4 Å². The van der Waals surface area contributed by atoms with E-state index in [1.54, 1.807) is 0 Å². The zero-order valence-corrected chi connectivity index (χ0v) is 14.5. The number of morpholine rings is 1. The van der Waals surface area contributed by atoms with Gasteiger partial charge in [-0.3, -0.25) is 9.59 Å². The summed E-state index contributed by atoms with van der Waals surface area (Å²) in [5.41, 5.74) is 1.99. The van der Waals surface area contributed by atoms with Gasteiger partial charge in [-0.25, -0.2) is 0 Å². The predicted molar refractivity (Wildman–Crippen MR) is 87.2 cm³/mol. The molecular formula is C18H21F3N2O3. The van der Waals surface area contributed by atoms with Crippen molar-refractivity contribution in [2.45, 2.75) is 38.1 Å². The van der Waals surface area contributed by atoms with Gasteiger partial charge in [0.15, 0.2) is 0 Å². The lowest BCUT2D eigenvalue weighted by atomic mass is 10.0. The first-order valence-corrected chi connectivity index (χ1v) is 8.62. The zero-order valence-electron chi connectivity index (χ0n) is 14.5. The first kappa shape index (κ1) is 18.7. The van der Waals surface area contributed by atoms with Crippen LogP contribution in [-0.4, -0.2) is 60.1 Å². The lowest BCUT2D eigenvalue weighted by molar-refractivity contribution is -0.187. The number of carbonyl (C=O) groups excluding carboxylic acids is 2. The molecule has 2 amide bonds. The van der Waals surface area contributed by atoms with Crippen LogP contribution in [0.2, 0.25) is 0 Å². The first-order valence-electron chi connectivity index (χ1n) is 8.62. The third-order valence-corrected chi connectivity index (χ3v) is 4.95. The van der Waals surface area contributed by atoms with Crippen LogP contribution in [-0.2, 0) is 14.3 Å². The van der Waals surface area contributed by atoms with Gasteiger partial charge in [0.25, 0.3) is 0 Å². The van der Waals surface area contributed by atoms with Gasteiger partial charge in [-0.05, 0) is 30.9 Å². The number of hydrogen-bond acceptors (Lipinski definition) is 3. The molecule has 3 rings (SSSR count). The van der Waals surface area contributed by atoms with Crippen molar-refractivity contribution in [3.8, 4) is 0 Å². The Morgan fingerprint density at radius 2 is 1.92 bits per heavy atom. The van der Waals surface area contributed by atoms with Crippen LogP contribution in [0.25, 0.3) is 0 Å². The maximum atomic E-state index is 12.8. The Balaban J connectivity index is 1.73. The minimum Gasteiger partial charge on any atom is -0.370 e. The molecule has 2 fully saturated rings. The number of aryl methyl sites for hydroxylation is 1. The van der Waals surface area contributed by atoms with Crippen molar-refractivity contribution in [3.63, 3.8) is 0 Å². The molecule has 26 heavy (non-hydrogen) atoms. The molecule has 2 heterocycles. The lowest BCUT2D eigenvalue weighted by Crippen LogP contribution is -2.53. The molecule has 142 valence electrons. The van der Waals surface area contributed by atoms with E-state index >= 15 is 0 Å². The number of carbonyl (C=O) groups is 2. The molecule has 0 spiro atoms. The Labute approximate surface area is 149 Å². The van der Waals surface area contributed by atoms with Crippen molar-refractivity contribution in [1.82, 2.24) is 9.80 Å². The number of likely N-dealkylation sites (tertiary alicyclic amines) is 1. The highest BCUT2D eigenvalue weighted by molar-refractivity contribution is 5.90. The molecule has 0 N–H and O–H groups in total. The fourth-order valence-electron chi connectivity index (χ4n) is 3.63. The Hall–Kier alpha value is -2.09. The minimum absolute atomic E-state index is 0.0414. The minimum atomic E-state index is -4.96. The van der Waals surface area contributed by atoms with E-state index in [1.165, 1.54) is 4.90 Å². The zero-order chi connectivity index (χ0) is 18.9. The van der Waals surface area contributed by atoms with Gasteiger partial charge in [0.1, 0.15) is 12.1 Å². The van der Waals surface area contributed by atoms with Gasteiger partial charge in [-0.2, -0.15) is 13.2 Å². The normalized spacial score (nSPS) is 24.0. The Bertz CT molecular complexity index is 693.